The average molecular weight is 354 g/mol. The number of H-pyrrole nitrogens is 1. The quantitative estimate of drug-likeness (QED) is 0.681. The van der Waals surface area contributed by atoms with Crippen LogP contribution < -0.4 is 11.1 Å². The van der Waals surface area contributed by atoms with Crippen LogP contribution in [0.3, 0.4) is 0 Å². The summed E-state index contributed by atoms with van der Waals surface area (Å²) in [6, 6.07) is 9.15. The molecule has 2 atom stereocenters. The fourth-order valence-electron chi connectivity index (χ4n) is 4.35. The molecule has 4 N–H and O–H groups in total. The van der Waals surface area contributed by atoms with E-state index in [9.17, 15) is 4.79 Å². The highest BCUT2D eigenvalue weighted by molar-refractivity contribution is 5.83. The molecule has 2 aliphatic rings. The van der Waals surface area contributed by atoms with Gasteiger partial charge in [0.2, 0.25) is 5.91 Å². The monoisotopic (exact) mass is 354 g/mol. The lowest BCUT2D eigenvalue weighted by Gasteiger charge is -2.29. The smallest absolute Gasteiger partial charge is 0.221 e. The lowest BCUT2D eigenvalue weighted by atomic mass is 10.1. The Labute approximate surface area is 155 Å². The van der Waals surface area contributed by atoms with Crippen molar-refractivity contribution >= 4 is 16.8 Å². The molecule has 2 aromatic rings. The van der Waals surface area contributed by atoms with Crippen LogP contribution >= 0.6 is 0 Å². The number of aromatic amines is 1. The van der Waals surface area contributed by atoms with Gasteiger partial charge in [0.25, 0.3) is 0 Å². The summed E-state index contributed by atoms with van der Waals surface area (Å²) < 4.78 is 0. The summed E-state index contributed by atoms with van der Waals surface area (Å²) in [5.41, 5.74) is 8.37. The number of likely N-dealkylation sites (tertiary alicyclic amines) is 1. The number of fused-ring (bicyclic) bond motifs is 1. The minimum absolute atomic E-state index is 0.174. The van der Waals surface area contributed by atoms with E-state index in [1.54, 1.807) is 0 Å². The van der Waals surface area contributed by atoms with Crippen molar-refractivity contribution in [1.82, 2.24) is 15.2 Å². The van der Waals surface area contributed by atoms with Crippen molar-refractivity contribution in [1.29, 1.82) is 0 Å². The van der Waals surface area contributed by atoms with Crippen LogP contribution in [0.15, 0.2) is 30.5 Å². The fourth-order valence-corrected chi connectivity index (χ4v) is 4.35. The van der Waals surface area contributed by atoms with Crippen LogP contribution in [-0.4, -0.2) is 47.5 Å². The Kier molecular flexibility index (Phi) is 5.27. The first kappa shape index (κ1) is 17.6. The van der Waals surface area contributed by atoms with Crippen LogP contribution in [0.5, 0.6) is 0 Å². The first-order valence-corrected chi connectivity index (χ1v) is 10.0. The molecule has 0 spiro atoms. The topological polar surface area (TPSA) is 74.1 Å². The average Bonchev–Trinajstić information content (AvgIpc) is 3.26. The molecule has 1 aromatic carbocycles. The highest BCUT2D eigenvalue weighted by atomic mass is 16.1. The molecule has 1 saturated heterocycles. The van der Waals surface area contributed by atoms with Gasteiger partial charge in [-0.15, -0.1) is 0 Å². The number of nitrogens with two attached hydrogens (primary N) is 1. The second-order valence-corrected chi connectivity index (χ2v) is 7.92. The lowest BCUT2D eigenvalue weighted by molar-refractivity contribution is -0.122. The number of amides is 1. The van der Waals surface area contributed by atoms with E-state index in [0.29, 0.717) is 31.6 Å². The molecule has 2 fully saturated rings. The van der Waals surface area contributed by atoms with Crippen LogP contribution in [-0.2, 0) is 11.2 Å². The molecule has 5 nitrogen and oxygen atoms in total. The third-order valence-electron chi connectivity index (χ3n) is 6.02. The van der Waals surface area contributed by atoms with Gasteiger partial charge in [0, 0.05) is 55.2 Å². The Hall–Kier alpha value is -1.85. The van der Waals surface area contributed by atoms with E-state index in [1.807, 2.05) is 6.07 Å². The van der Waals surface area contributed by atoms with Crippen LogP contribution in [0.25, 0.3) is 10.9 Å². The van der Waals surface area contributed by atoms with Crippen molar-refractivity contribution < 1.29 is 4.79 Å². The van der Waals surface area contributed by atoms with E-state index in [-0.39, 0.29) is 5.91 Å². The maximum absolute atomic E-state index is 12.5. The molecule has 1 saturated carbocycles. The number of para-hydroxylation sites is 1. The SMILES string of the molecule is NC[C@H]1CC[C@@H](CC(=O)NCCc2c[nH]c3ccccc23)N1CC1CC1. The highest BCUT2D eigenvalue weighted by Gasteiger charge is 2.37. The Bertz CT molecular complexity index is 751. The highest BCUT2D eigenvalue weighted by Crippen LogP contribution is 2.35. The summed E-state index contributed by atoms with van der Waals surface area (Å²) in [5.74, 6) is 1.02. The third-order valence-corrected chi connectivity index (χ3v) is 6.02. The van der Waals surface area contributed by atoms with Crippen LogP contribution in [0.4, 0.5) is 0 Å². The number of rotatable bonds is 8. The van der Waals surface area contributed by atoms with Gasteiger partial charge >= 0.3 is 0 Å². The Balaban J connectivity index is 1.27. The molecular weight excluding hydrogens is 324 g/mol. The number of nitrogens with zero attached hydrogens (tertiary/aromatic N) is 1. The number of hydrogen-bond acceptors (Lipinski definition) is 3. The molecule has 2 heterocycles. The zero-order valence-electron chi connectivity index (χ0n) is 15.4. The first-order valence-electron chi connectivity index (χ1n) is 10.0. The number of hydrogen-bond donors (Lipinski definition) is 3. The van der Waals surface area contributed by atoms with Gasteiger partial charge in [-0.3, -0.25) is 9.69 Å². The molecule has 5 heteroatoms. The molecular formula is C21H30N4O. The van der Waals surface area contributed by atoms with Crippen LogP contribution in [0.1, 0.15) is 37.7 Å². The lowest BCUT2D eigenvalue weighted by Crippen LogP contribution is -2.43. The van der Waals surface area contributed by atoms with Gasteiger partial charge in [-0.25, -0.2) is 0 Å². The van der Waals surface area contributed by atoms with E-state index in [1.165, 1.54) is 23.8 Å². The second kappa shape index (κ2) is 7.80. The van der Waals surface area contributed by atoms with Crippen molar-refractivity contribution in [2.24, 2.45) is 11.7 Å². The van der Waals surface area contributed by atoms with Gasteiger partial charge in [-0.05, 0) is 49.7 Å². The van der Waals surface area contributed by atoms with Gasteiger partial charge in [0.05, 0.1) is 0 Å². The molecule has 1 aliphatic carbocycles. The summed E-state index contributed by atoms with van der Waals surface area (Å²) >= 11 is 0. The molecule has 1 aliphatic heterocycles. The fraction of sp³-hybridized carbons (Fsp3) is 0.571. The largest absolute Gasteiger partial charge is 0.361 e. The maximum Gasteiger partial charge on any atom is 0.221 e. The number of nitrogens with one attached hydrogen (secondary N) is 2. The van der Waals surface area contributed by atoms with E-state index < -0.39 is 0 Å². The standard InChI is InChI=1S/C21H30N4O/c22-12-18-8-7-17(25(18)14-15-5-6-15)11-21(26)23-10-9-16-13-24-20-4-2-1-3-19(16)20/h1-4,13,15,17-18,24H,5-12,14,22H2,(H,23,26)/t17-,18+/m0/s1. The molecule has 0 unspecified atom stereocenters. The maximum atomic E-state index is 12.5. The molecule has 1 aromatic heterocycles. The summed E-state index contributed by atoms with van der Waals surface area (Å²) in [6.07, 6.45) is 8.45. The van der Waals surface area contributed by atoms with E-state index >= 15 is 0 Å². The van der Waals surface area contributed by atoms with E-state index in [0.717, 1.165) is 37.2 Å². The van der Waals surface area contributed by atoms with Gasteiger partial charge in [0.15, 0.2) is 0 Å². The molecule has 0 bridgehead atoms. The summed E-state index contributed by atoms with van der Waals surface area (Å²) in [5, 5.41) is 4.37. The van der Waals surface area contributed by atoms with Crippen LogP contribution in [0.2, 0.25) is 0 Å². The van der Waals surface area contributed by atoms with Crippen molar-refractivity contribution in [3.63, 3.8) is 0 Å². The second-order valence-electron chi connectivity index (χ2n) is 7.92. The third kappa shape index (κ3) is 3.94. The zero-order chi connectivity index (χ0) is 17.9. The van der Waals surface area contributed by atoms with Gasteiger partial charge in [-0.2, -0.15) is 0 Å². The predicted molar refractivity (Wildman–Crippen MR) is 105 cm³/mol. The predicted octanol–water partition coefficient (Wildman–Crippen LogP) is 2.42. The number of carbonyl (C=O) groups excluding carboxylic acids is 1. The minimum Gasteiger partial charge on any atom is -0.361 e. The van der Waals surface area contributed by atoms with Crippen molar-refractivity contribution in [3.8, 4) is 0 Å². The molecule has 140 valence electrons. The van der Waals surface area contributed by atoms with Crippen molar-refractivity contribution in [2.75, 3.05) is 19.6 Å². The number of carbonyl (C=O) groups is 1. The summed E-state index contributed by atoms with van der Waals surface area (Å²) in [4.78, 5) is 18.3. The van der Waals surface area contributed by atoms with Crippen LogP contribution in [0, 0.1) is 5.92 Å². The normalized spacial score (nSPS) is 23.6. The van der Waals surface area contributed by atoms with Gasteiger partial charge < -0.3 is 16.0 Å². The van der Waals surface area contributed by atoms with Crippen molar-refractivity contribution in [3.05, 3.63) is 36.0 Å². The minimum atomic E-state index is 0.174. The van der Waals surface area contributed by atoms with Crippen molar-refractivity contribution in [2.45, 2.75) is 50.6 Å². The molecule has 0 radical (unpaired) electrons. The van der Waals surface area contributed by atoms with Gasteiger partial charge in [-0.1, -0.05) is 18.2 Å². The van der Waals surface area contributed by atoms with E-state index in [2.05, 4.69) is 39.6 Å². The number of aromatic nitrogens is 1. The molecule has 4 rings (SSSR count). The summed E-state index contributed by atoms with van der Waals surface area (Å²) in [7, 11) is 0. The Morgan fingerprint density at radius 3 is 2.81 bits per heavy atom. The molecule has 26 heavy (non-hydrogen) atoms. The number of benzene rings is 1. The first-order chi connectivity index (χ1) is 12.7. The van der Waals surface area contributed by atoms with E-state index in [4.69, 9.17) is 5.73 Å². The Morgan fingerprint density at radius 1 is 1.19 bits per heavy atom. The zero-order valence-corrected chi connectivity index (χ0v) is 15.4. The van der Waals surface area contributed by atoms with Gasteiger partial charge in [0.1, 0.15) is 0 Å². The Morgan fingerprint density at radius 2 is 2.00 bits per heavy atom. The summed E-state index contributed by atoms with van der Waals surface area (Å²) in [6.45, 7) is 2.54. The molecule has 1 amide bonds.